The molecule has 0 heterocycles. The highest BCUT2D eigenvalue weighted by atomic mass is 32.2. The molecule has 0 spiro atoms. The summed E-state index contributed by atoms with van der Waals surface area (Å²) in [6.45, 7) is 11.9. The number of ether oxygens (including phenoxy) is 2. The van der Waals surface area contributed by atoms with Gasteiger partial charge in [0.2, 0.25) is 0 Å². The second kappa shape index (κ2) is 8.67. The van der Waals surface area contributed by atoms with Gasteiger partial charge in [-0.15, -0.1) is 24.4 Å². The number of thiol groups is 1. The van der Waals surface area contributed by atoms with Gasteiger partial charge in [-0.3, -0.25) is 0 Å². The number of thioether (sulfide) groups is 1. The zero-order valence-electron chi connectivity index (χ0n) is 11.2. The van der Waals surface area contributed by atoms with Crippen molar-refractivity contribution in [3.05, 3.63) is 0 Å². The average Bonchev–Trinajstić information content (AvgIpc) is 2.22. The quantitative estimate of drug-likeness (QED) is 0.506. The van der Waals surface area contributed by atoms with Crippen LogP contribution in [-0.2, 0) is 9.47 Å². The second-order valence-electron chi connectivity index (χ2n) is 4.45. The van der Waals surface area contributed by atoms with Gasteiger partial charge < -0.3 is 9.47 Å². The lowest BCUT2D eigenvalue weighted by Gasteiger charge is -2.26. The van der Waals surface area contributed by atoms with Crippen molar-refractivity contribution < 1.29 is 9.47 Å². The van der Waals surface area contributed by atoms with Crippen LogP contribution in [0.15, 0.2) is 0 Å². The van der Waals surface area contributed by atoms with Crippen molar-refractivity contribution >= 4 is 24.4 Å². The first-order chi connectivity index (χ1) is 7.41. The van der Waals surface area contributed by atoms with Gasteiger partial charge in [-0.1, -0.05) is 20.8 Å². The maximum Gasteiger partial charge on any atom is 0.126 e. The summed E-state index contributed by atoms with van der Waals surface area (Å²) in [6, 6.07) is 0. The van der Waals surface area contributed by atoms with E-state index in [1.54, 1.807) is 0 Å². The lowest BCUT2D eigenvalue weighted by atomic mass is 10.3. The molecule has 2 unspecified atom stereocenters. The lowest BCUT2D eigenvalue weighted by molar-refractivity contribution is -0.0155. The van der Waals surface area contributed by atoms with Crippen LogP contribution in [0.3, 0.4) is 0 Å². The van der Waals surface area contributed by atoms with Crippen LogP contribution in [-0.4, -0.2) is 29.3 Å². The minimum Gasteiger partial charge on any atom is -0.365 e. The molecule has 0 aromatic rings. The zero-order chi connectivity index (χ0) is 12.6. The van der Waals surface area contributed by atoms with Gasteiger partial charge >= 0.3 is 0 Å². The molecule has 0 aromatic heterocycles. The summed E-state index contributed by atoms with van der Waals surface area (Å²) in [6.07, 6.45) is 0.893. The monoisotopic (exact) mass is 266 g/mol. The molecule has 0 saturated carbocycles. The summed E-state index contributed by atoms with van der Waals surface area (Å²) in [4.78, 5) is -0.340. The van der Waals surface area contributed by atoms with Gasteiger partial charge in [0.25, 0.3) is 0 Å². The molecule has 0 N–H and O–H groups in total. The molecule has 0 aliphatic carbocycles. The van der Waals surface area contributed by atoms with Crippen molar-refractivity contribution in [2.45, 2.75) is 51.4 Å². The number of hydrogen-bond donors (Lipinski definition) is 1. The van der Waals surface area contributed by atoms with Gasteiger partial charge in [-0.25, -0.2) is 0 Å². The Bertz CT molecular complexity index is 172. The standard InChI is InChI=1S/C12H26O2S2/c1-6-12(5,15)14-8-11(13-7-2)16-9-10(3)4/h10-11,15H,6-9H2,1-5H3. The van der Waals surface area contributed by atoms with Crippen LogP contribution in [0.4, 0.5) is 0 Å². The fourth-order valence-corrected chi connectivity index (χ4v) is 2.05. The Kier molecular flexibility index (Phi) is 9.01. The van der Waals surface area contributed by atoms with E-state index < -0.39 is 0 Å². The lowest BCUT2D eigenvalue weighted by Crippen LogP contribution is -2.27. The number of hydrogen-bond acceptors (Lipinski definition) is 4. The van der Waals surface area contributed by atoms with E-state index in [-0.39, 0.29) is 10.4 Å². The van der Waals surface area contributed by atoms with Crippen LogP contribution in [0.25, 0.3) is 0 Å². The largest absolute Gasteiger partial charge is 0.365 e. The highest BCUT2D eigenvalue weighted by Gasteiger charge is 2.20. The summed E-state index contributed by atoms with van der Waals surface area (Å²) in [5.41, 5.74) is 0.130. The summed E-state index contributed by atoms with van der Waals surface area (Å²) in [7, 11) is 0. The molecular formula is C12H26O2S2. The SMILES string of the molecule is CCOC(COC(C)(S)CC)SCC(C)C. The molecule has 2 nitrogen and oxygen atoms in total. The van der Waals surface area contributed by atoms with Crippen LogP contribution >= 0.6 is 24.4 Å². The highest BCUT2D eigenvalue weighted by Crippen LogP contribution is 2.23. The van der Waals surface area contributed by atoms with E-state index in [0.29, 0.717) is 12.5 Å². The molecule has 0 radical (unpaired) electrons. The summed E-state index contributed by atoms with van der Waals surface area (Å²) >= 11 is 6.28. The predicted molar refractivity (Wildman–Crippen MR) is 76.3 cm³/mol. The van der Waals surface area contributed by atoms with E-state index in [4.69, 9.17) is 9.47 Å². The van der Waals surface area contributed by atoms with Gasteiger partial charge in [0, 0.05) is 6.61 Å². The van der Waals surface area contributed by atoms with Crippen molar-refractivity contribution in [3.63, 3.8) is 0 Å². The Hall–Kier alpha value is 0.620. The third kappa shape index (κ3) is 8.74. The van der Waals surface area contributed by atoms with Crippen molar-refractivity contribution in [3.8, 4) is 0 Å². The molecule has 0 rings (SSSR count). The minimum absolute atomic E-state index is 0.130. The molecular weight excluding hydrogens is 240 g/mol. The molecule has 0 fully saturated rings. The van der Waals surface area contributed by atoms with Crippen molar-refractivity contribution in [2.75, 3.05) is 19.0 Å². The third-order valence-electron chi connectivity index (χ3n) is 2.15. The Balaban J connectivity index is 3.93. The molecule has 0 aliphatic rings. The Morgan fingerprint density at radius 2 is 1.94 bits per heavy atom. The molecule has 0 aromatic carbocycles. The van der Waals surface area contributed by atoms with Gasteiger partial charge in [0.15, 0.2) is 0 Å². The van der Waals surface area contributed by atoms with E-state index in [9.17, 15) is 0 Å². The van der Waals surface area contributed by atoms with Gasteiger partial charge in [-0.05, 0) is 31.9 Å². The summed E-state index contributed by atoms with van der Waals surface area (Å²) < 4.78 is 11.4. The fraction of sp³-hybridized carbons (Fsp3) is 1.00. The van der Waals surface area contributed by atoms with E-state index in [1.165, 1.54) is 0 Å². The van der Waals surface area contributed by atoms with Crippen molar-refractivity contribution in [1.82, 2.24) is 0 Å². The van der Waals surface area contributed by atoms with E-state index in [2.05, 4.69) is 33.4 Å². The zero-order valence-corrected chi connectivity index (χ0v) is 12.9. The van der Waals surface area contributed by atoms with Gasteiger partial charge in [-0.2, -0.15) is 0 Å². The Morgan fingerprint density at radius 3 is 2.38 bits per heavy atom. The second-order valence-corrected chi connectivity index (χ2v) is 6.59. The van der Waals surface area contributed by atoms with Gasteiger partial charge in [0.05, 0.1) is 6.61 Å². The maximum absolute atomic E-state index is 5.74. The first-order valence-electron chi connectivity index (χ1n) is 6.00. The topological polar surface area (TPSA) is 18.5 Å². The summed E-state index contributed by atoms with van der Waals surface area (Å²) in [5.74, 6) is 1.78. The van der Waals surface area contributed by atoms with Crippen LogP contribution in [0.2, 0.25) is 0 Å². The molecule has 16 heavy (non-hydrogen) atoms. The maximum atomic E-state index is 5.74. The van der Waals surface area contributed by atoms with Crippen LogP contribution < -0.4 is 0 Å². The molecule has 0 aliphatic heterocycles. The molecule has 0 amide bonds. The predicted octanol–water partition coefficient (Wildman–Crippen LogP) is 3.81. The highest BCUT2D eigenvalue weighted by molar-refractivity contribution is 7.99. The average molecular weight is 266 g/mol. The van der Waals surface area contributed by atoms with Crippen LogP contribution in [0, 0.1) is 5.92 Å². The fourth-order valence-electron chi connectivity index (χ4n) is 0.980. The van der Waals surface area contributed by atoms with E-state index in [0.717, 1.165) is 18.8 Å². The minimum atomic E-state index is -0.340. The Morgan fingerprint density at radius 1 is 1.31 bits per heavy atom. The van der Waals surface area contributed by atoms with E-state index >= 15 is 0 Å². The normalized spacial score (nSPS) is 17.4. The summed E-state index contributed by atoms with van der Waals surface area (Å²) in [5, 5.41) is 0. The third-order valence-corrected chi connectivity index (χ3v) is 4.10. The molecule has 2 atom stereocenters. The van der Waals surface area contributed by atoms with E-state index in [1.807, 2.05) is 25.6 Å². The van der Waals surface area contributed by atoms with Crippen molar-refractivity contribution in [1.29, 1.82) is 0 Å². The van der Waals surface area contributed by atoms with Crippen LogP contribution in [0.5, 0.6) is 0 Å². The van der Waals surface area contributed by atoms with Crippen molar-refractivity contribution in [2.24, 2.45) is 5.92 Å². The molecule has 98 valence electrons. The van der Waals surface area contributed by atoms with Crippen LogP contribution in [0.1, 0.15) is 41.0 Å². The first-order valence-corrected chi connectivity index (χ1v) is 7.50. The smallest absolute Gasteiger partial charge is 0.126 e. The molecule has 0 saturated heterocycles. The number of rotatable bonds is 9. The van der Waals surface area contributed by atoms with Gasteiger partial charge in [0.1, 0.15) is 10.4 Å². The molecule has 0 bridgehead atoms. The Labute approximate surface area is 110 Å². The first kappa shape index (κ1) is 16.6. The molecule has 4 heteroatoms.